The predicted octanol–water partition coefficient (Wildman–Crippen LogP) is 1.98. The standard InChI is InChI=1S/C11H24N2O.C2H6/c1-13(2)8-3-9-14-10-11-4-6-12-7-5-11;1-2/h11-12H,3-10H2,1-2H3;1-2H3. The zero-order chi connectivity index (χ0) is 12.2. The molecule has 0 atom stereocenters. The Morgan fingerprint density at radius 2 is 1.81 bits per heavy atom. The topological polar surface area (TPSA) is 24.5 Å². The van der Waals surface area contributed by atoms with Crippen molar-refractivity contribution in [1.82, 2.24) is 10.2 Å². The number of hydrogen-bond acceptors (Lipinski definition) is 3. The van der Waals surface area contributed by atoms with Gasteiger partial charge in [-0.2, -0.15) is 0 Å². The van der Waals surface area contributed by atoms with Crippen molar-refractivity contribution in [2.45, 2.75) is 33.1 Å². The smallest absolute Gasteiger partial charge is 0.0495 e. The first-order chi connectivity index (χ1) is 7.79. The predicted molar refractivity (Wildman–Crippen MR) is 70.9 cm³/mol. The number of ether oxygens (including phenoxy) is 1. The van der Waals surface area contributed by atoms with Crippen LogP contribution in [0.3, 0.4) is 0 Å². The minimum Gasteiger partial charge on any atom is -0.381 e. The van der Waals surface area contributed by atoms with E-state index in [1.54, 1.807) is 0 Å². The van der Waals surface area contributed by atoms with E-state index in [9.17, 15) is 0 Å². The molecular weight excluding hydrogens is 200 g/mol. The van der Waals surface area contributed by atoms with Gasteiger partial charge in [0.05, 0.1) is 0 Å². The molecule has 0 aliphatic carbocycles. The Labute approximate surface area is 102 Å². The van der Waals surface area contributed by atoms with Gasteiger partial charge >= 0.3 is 0 Å². The molecule has 0 spiro atoms. The number of piperidine rings is 1. The van der Waals surface area contributed by atoms with E-state index in [-0.39, 0.29) is 0 Å². The van der Waals surface area contributed by atoms with Crippen molar-refractivity contribution < 1.29 is 4.74 Å². The Balaban J connectivity index is 0.00000106. The zero-order valence-electron chi connectivity index (χ0n) is 11.6. The summed E-state index contributed by atoms with van der Waals surface area (Å²) < 4.78 is 5.67. The maximum absolute atomic E-state index is 5.67. The molecule has 0 aromatic carbocycles. The van der Waals surface area contributed by atoms with Gasteiger partial charge in [-0.05, 0) is 58.9 Å². The van der Waals surface area contributed by atoms with Crippen molar-refractivity contribution in [2.24, 2.45) is 5.92 Å². The first-order valence-electron chi connectivity index (χ1n) is 6.72. The number of nitrogens with zero attached hydrogens (tertiary/aromatic N) is 1. The van der Waals surface area contributed by atoms with E-state index in [2.05, 4.69) is 24.3 Å². The highest BCUT2D eigenvalue weighted by atomic mass is 16.5. The van der Waals surface area contributed by atoms with Gasteiger partial charge in [0.15, 0.2) is 0 Å². The van der Waals surface area contributed by atoms with Gasteiger partial charge in [0.25, 0.3) is 0 Å². The molecule has 16 heavy (non-hydrogen) atoms. The molecular formula is C13H30N2O. The summed E-state index contributed by atoms with van der Waals surface area (Å²) in [7, 11) is 4.21. The highest BCUT2D eigenvalue weighted by Gasteiger charge is 2.12. The monoisotopic (exact) mass is 230 g/mol. The Kier molecular flexibility index (Phi) is 11.3. The molecule has 0 unspecified atom stereocenters. The summed E-state index contributed by atoms with van der Waals surface area (Å²) in [4.78, 5) is 2.20. The maximum Gasteiger partial charge on any atom is 0.0495 e. The van der Waals surface area contributed by atoms with Crippen LogP contribution < -0.4 is 5.32 Å². The van der Waals surface area contributed by atoms with E-state index in [4.69, 9.17) is 4.74 Å². The molecule has 0 amide bonds. The van der Waals surface area contributed by atoms with Crippen molar-refractivity contribution in [1.29, 1.82) is 0 Å². The van der Waals surface area contributed by atoms with Gasteiger partial charge < -0.3 is 15.0 Å². The molecule has 1 N–H and O–H groups in total. The summed E-state index contributed by atoms with van der Waals surface area (Å²) in [6, 6.07) is 0. The van der Waals surface area contributed by atoms with Crippen molar-refractivity contribution in [3.63, 3.8) is 0 Å². The maximum atomic E-state index is 5.67. The lowest BCUT2D eigenvalue weighted by molar-refractivity contribution is 0.0827. The zero-order valence-corrected chi connectivity index (χ0v) is 11.6. The molecule has 1 rings (SSSR count). The van der Waals surface area contributed by atoms with Gasteiger partial charge in [-0.25, -0.2) is 0 Å². The lowest BCUT2D eigenvalue weighted by atomic mass is 9.99. The van der Waals surface area contributed by atoms with Gasteiger partial charge in [-0.3, -0.25) is 0 Å². The first-order valence-corrected chi connectivity index (χ1v) is 6.72. The SMILES string of the molecule is CC.CN(C)CCCOCC1CCNCC1. The second-order valence-electron chi connectivity index (χ2n) is 4.43. The van der Waals surface area contributed by atoms with Crippen LogP contribution in [0.2, 0.25) is 0 Å². The Morgan fingerprint density at radius 3 is 2.38 bits per heavy atom. The fourth-order valence-electron chi connectivity index (χ4n) is 1.78. The quantitative estimate of drug-likeness (QED) is 0.706. The van der Waals surface area contributed by atoms with Crippen molar-refractivity contribution in [3.05, 3.63) is 0 Å². The highest BCUT2D eigenvalue weighted by Crippen LogP contribution is 2.11. The van der Waals surface area contributed by atoms with Crippen LogP contribution in [0.25, 0.3) is 0 Å². The van der Waals surface area contributed by atoms with E-state index >= 15 is 0 Å². The van der Waals surface area contributed by atoms with Crippen LogP contribution >= 0.6 is 0 Å². The van der Waals surface area contributed by atoms with Crippen molar-refractivity contribution in [3.8, 4) is 0 Å². The fourth-order valence-corrected chi connectivity index (χ4v) is 1.78. The van der Waals surface area contributed by atoms with Gasteiger partial charge in [0, 0.05) is 13.2 Å². The number of rotatable bonds is 6. The first kappa shape index (κ1) is 15.9. The van der Waals surface area contributed by atoms with Crippen molar-refractivity contribution >= 4 is 0 Å². The lowest BCUT2D eigenvalue weighted by Crippen LogP contribution is -2.30. The lowest BCUT2D eigenvalue weighted by Gasteiger charge is -2.22. The van der Waals surface area contributed by atoms with Gasteiger partial charge in [-0.15, -0.1) is 0 Å². The molecule has 0 radical (unpaired) electrons. The molecule has 1 saturated heterocycles. The van der Waals surface area contributed by atoms with Crippen LogP contribution in [0.5, 0.6) is 0 Å². The molecule has 3 nitrogen and oxygen atoms in total. The summed E-state index contributed by atoms with van der Waals surface area (Å²) in [6.45, 7) is 9.36. The number of hydrogen-bond donors (Lipinski definition) is 1. The second-order valence-corrected chi connectivity index (χ2v) is 4.43. The molecule has 0 aromatic rings. The summed E-state index contributed by atoms with van der Waals surface area (Å²) in [5, 5.41) is 3.37. The third-order valence-electron chi connectivity index (χ3n) is 2.71. The van der Waals surface area contributed by atoms with E-state index < -0.39 is 0 Å². The van der Waals surface area contributed by atoms with E-state index in [0.29, 0.717) is 0 Å². The molecule has 3 heteroatoms. The van der Waals surface area contributed by atoms with Crippen LogP contribution in [0.4, 0.5) is 0 Å². The third kappa shape index (κ3) is 9.13. The Morgan fingerprint density at radius 1 is 1.19 bits per heavy atom. The van der Waals surface area contributed by atoms with Gasteiger partial charge in [-0.1, -0.05) is 13.8 Å². The van der Waals surface area contributed by atoms with E-state index in [1.165, 1.54) is 25.9 Å². The Bertz CT molecular complexity index is 134. The van der Waals surface area contributed by atoms with Crippen LogP contribution in [-0.2, 0) is 4.74 Å². The molecule has 0 aromatic heterocycles. The molecule has 1 heterocycles. The molecule has 0 saturated carbocycles. The van der Waals surface area contributed by atoms with Crippen molar-refractivity contribution in [2.75, 3.05) is 46.9 Å². The summed E-state index contributed by atoms with van der Waals surface area (Å²) in [6.07, 6.45) is 3.72. The molecule has 0 bridgehead atoms. The minimum absolute atomic E-state index is 0.801. The fraction of sp³-hybridized carbons (Fsp3) is 1.00. The van der Waals surface area contributed by atoms with Crippen LogP contribution in [0, 0.1) is 5.92 Å². The summed E-state index contributed by atoms with van der Waals surface area (Å²) in [5.74, 6) is 0.801. The van der Waals surface area contributed by atoms with Crippen LogP contribution in [-0.4, -0.2) is 51.8 Å². The van der Waals surface area contributed by atoms with Crippen LogP contribution in [0.1, 0.15) is 33.1 Å². The summed E-state index contributed by atoms with van der Waals surface area (Å²) in [5.41, 5.74) is 0. The van der Waals surface area contributed by atoms with Gasteiger partial charge in [0.1, 0.15) is 0 Å². The normalized spacial score (nSPS) is 17.1. The third-order valence-corrected chi connectivity index (χ3v) is 2.71. The number of nitrogens with one attached hydrogen (secondary N) is 1. The average Bonchev–Trinajstić information content (AvgIpc) is 2.32. The largest absolute Gasteiger partial charge is 0.381 e. The van der Waals surface area contributed by atoms with Gasteiger partial charge in [0.2, 0.25) is 0 Å². The second kappa shape index (κ2) is 11.4. The Hall–Kier alpha value is -0.120. The molecule has 98 valence electrons. The van der Waals surface area contributed by atoms with Crippen LogP contribution in [0.15, 0.2) is 0 Å². The van der Waals surface area contributed by atoms with E-state index in [0.717, 1.165) is 32.1 Å². The van der Waals surface area contributed by atoms with E-state index in [1.807, 2.05) is 13.8 Å². The average molecular weight is 230 g/mol. The molecule has 1 aliphatic heterocycles. The molecule has 1 fully saturated rings. The minimum atomic E-state index is 0.801. The summed E-state index contributed by atoms with van der Waals surface area (Å²) >= 11 is 0. The molecule has 1 aliphatic rings. The highest BCUT2D eigenvalue weighted by molar-refractivity contribution is 4.67.